The SMILES string of the molecule is N#CC(O)C(O)c1ccc2c(Cl)ncnc2c1. The van der Waals surface area contributed by atoms with Gasteiger partial charge in [-0.3, -0.25) is 0 Å². The van der Waals surface area contributed by atoms with E-state index in [0.717, 1.165) is 0 Å². The van der Waals surface area contributed by atoms with Crippen LogP contribution in [-0.4, -0.2) is 26.3 Å². The van der Waals surface area contributed by atoms with E-state index in [9.17, 15) is 10.2 Å². The smallest absolute Gasteiger partial charge is 0.170 e. The van der Waals surface area contributed by atoms with Crippen molar-refractivity contribution in [1.82, 2.24) is 9.97 Å². The van der Waals surface area contributed by atoms with Gasteiger partial charge in [0.05, 0.1) is 11.6 Å². The van der Waals surface area contributed by atoms with Crippen molar-refractivity contribution in [3.63, 3.8) is 0 Å². The third-order valence-corrected chi connectivity index (χ3v) is 2.69. The van der Waals surface area contributed by atoms with E-state index in [-0.39, 0.29) is 0 Å². The van der Waals surface area contributed by atoms with Crippen LogP contribution in [0.15, 0.2) is 24.5 Å². The Kier molecular flexibility index (Phi) is 3.20. The van der Waals surface area contributed by atoms with Gasteiger partial charge in [-0.2, -0.15) is 5.26 Å². The van der Waals surface area contributed by atoms with Crippen molar-refractivity contribution in [2.45, 2.75) is 12.2 Å². The Hall–Kier alpha value is -1.74. The van der Waals surface area contributed by atoms with E-state index in [4.69, 9.17) is 16.9 Å². The number of aliphatic hydroxyl groups is 2. The van der Waals surface area contributed by atoms with Crippen molar-refractivity contribution in [1.29, 1.82) is 5.26 Å². The lowest BCUT2D eigenvalue weighted by atomic mass is 10.0. The standard InChI is InChI=1S/C11H8ClN3O2/c12-11-7-2-1-6(10(17)9(16)4-13)3-8(7)14-5-15-11/h1-3,5,9-10,16-17H. The number of fused-ring (bicyclic) bond motifs is 1. The maximum Gasteiger partial charge on any atom is 0.170 e. The van der Waals surface area contributed by atoms with Crippen LogP contribution >= 0.6 is 11.6 Å². The third kappa shape index (κ3) is 2.19. The lowest BCUT2D eigenvalue weighted by Crippen LogP contribution is -2.15. The second-order valence-electron chi connectivity index (χ2n) is 3.46. The molecule has 0 bridgehead atoms. The van der Waals surface area contributed by atoms with Gasteiger partial charge < -0.3 is 10.2 Å². The molecule has 17 heavy (non-hydrogen) atoms. The van der Waals surface area contributed by atoms with E-state index in [1.807, 2.05) is 0 Å². The summed E-state index contributed by atoms with van der Waals surface area (Å²) in [6.45, 7) is 0. The maximum absolute atomic E-state index is 9.67. The van der Waals surface area contributed by atoms with E-state index in [1.54, 1.807) is 24.3 Å². The Balaban J connectivity index is 2.49. The fourth-order valence-corrected chi connectivity index (χ4v) is 1.68. The summed E-state index contributed by atoms with van der Waals surface area (Å²) in [5.41, 5.74) is 0.952. The van der Waals surface area contributed by atoms with Crippen LogP contribution < -0.4 is 0 Å². The largest absolute Gasteiger partial charge is 0.385 e. The van der Waals surface area contributed by atoms with Crippen molar-refractivity contribution >= 4 is 22.5 Å². The predicted molar refractivity (Wildman–Crippen MR) is 61.1 cm³/mol. The van der Waals surface area contributed by atoms with Crippen molar-refractivity contribution in [3.05, 3.63) is 35.2 Å². The first-order valence-electron chi connectivity index (χ1n) is 4.79. The molecule has 0 saturated heterocycles. The molecule has 2 aromatic rings. The molecule has 86 valence electrons. The minimum atomic E-state index is -1.47. The summed E-state index contributed by atoms with van der Waals surface area (Å²) in [6.07, 6.45) is -1.43. The van der Waals surface area contributed by atoms with Crippen LogP contribution in [0.1, 0.15) is 11.7 Å². The van der Waals surface area contributed by atoms with Crippen LogP contribution in [0.4, 0.5) is 0 Å². The number of benzene rings is 1. The fraction of sp³-hybridized carbons (Fsp3) is 0.182. The molecule has 5 nitrogen and oxygen atoms in total. The molecule has 0 radical (unpaired) electrons. The van der Waals surface area contributed by atoms with Gasteiger partial charge in [0.25, 0.3) is 0 Å². The van der Waals surface area contributed by atoms with E-state index >= 15 is 0 Å². The maximum atomic E-state index is 9.67. The van der Waals surface area contributed by atoms with Gasteiger partial charge in [0.15, 0.2) is 6.10 Å². The van der Waals surface area contributed by atoms with Gasteiger partial charge in [0.1, 0.15) is 17.6 Å². The van der Waals surface area contributed by atoms with Crippen LogP contribution in [-0.2, 0) is 0 Å². The summed E-state index contributed by atoms with van der Waals surface area (Å²) in [5, 5.41) is 28.4. The quantitative estimate of drug-likeness (QED) is 0.617. The first kappa shape index (κ1) is 11.7. The molecule has 1 heterocycles. The molecular formula is C11H8ClN3O2. The fourth-order valence-electron chi connectivity index (χ4n) is 1.48. The van der Waals surface area contributed by atoms with Gasteiger partial charge in [-0.15, -0.1) is 0 Å². The van der Waals surface area contributed by atoms with Crippen LogP contribution in [0.25, 0.3) is 10.9 Å². The zero-order chi connectivity index (χ0) is 12.4. The lowest BCUT2D eigenvalue weighted by molar-refractivity contribution is 0.0529. The monoisotopic (exact) mass is 249 g/mol. The zero-order valence-corrected chi connectivity index (χ0v) is 9.33. The molecule has 0 aliphatic heterocycles. The number of rotatable bonds is 2. The number of hydrogen-bond donors (Lipinski definition) is 2. The van der Waals surface area contributed by atoms with Crippen molar-refractivity contribution in [3.8, 4) is 6.07 Å². The van der Waals surface area contributed by atoms with Crippen molar-refractivity contribution in [2.24, 2.45) is 0 Å². The van der Waals surface area contributed by atoms with Gasteiger partial charge in [-0.05, 0) is 17.7 Å². The molecule has 1 aromatic carbocycles. The number of nitrogens with zero attached hydrogens (tertiary/aromatic N) is 3. The summed E-state index contributed by atoms with van der Waals surface area (Å²) in [6, 6.07) is 6.34. The second kappa shape index (κ2) is 4.63. The van der Waals surface area contributed by atoms with E-state index < -0.39 is 12.2 Å². The molecule has 0 aliphatic carbocycles. The molecule has 2 N–H and O–H groups in total. The van der Waals surface area contributed by atoms with Gasteiger partial charge >= 0.3 is 0 Å². The highest BCUT2D eigenvalue weighted by atomic mass is 35.5. The molecule has 2 unspecified atom stereocenters. The normalized spacial score (nSPS) is 14.2. The summed E-state index contributed by atoms with van der Waals surface area (Å²) in [4.78, 5) is 7.82. The molecule has 1 aromatic heterocycles. The number of hydrogen-bond acceptors (Lipinski definition) is 5. The van der Waals surface area contributed by atoms with E-state index in [2.05, 4.69) is 9.97 Å². The number of aromatic nitrogens is 2. The topological polar surface area (TPSA) is 90.0 Å². The molecule has 0 amide bonds. The number of halogens is 1. The molecule has 0 spiro atoms. The second-order valence-corrected chi connectivity index (χ2v) is 3.82. The molecule has 6 heteroatoms. The van der Waals surface area contributed by atoms with Crippen LogP contribution in [0.2, 0.25) is 5.15 Å². The lowest BCUT2D eigenvalue weighted by Gasteiger charge is -2.12. The number of nitriles is 1. The van der Waals surface area contributed by atoms with Gasteiger partial charge in [0.2, 0.25) is 0 Å². The van der Waals surface area contributed by atoms with Gasteiger partial charge in [-0.1, -0.05) is 17.7 Å². The molecular weight excluding hydrogens is 242 g/mol. The number of aliphatic hydroxyl groups excluding tert-OH is 2. The van der Waals surface area contributed by atoms with Crippen LogP contribution in [0.3, 0.4) is 0 Å². The van der Waals surface area contributed by atoms with Crippen LogP contribution in [0, 0.1) is 11.3 Å². The Morgan fingerprint density at radius 1 is 1.29 bits per heavy atom. The van der Waals surface area contributed by atoms with Crippen LogP contribution in [0.5, 0.6) is 0 Å². The molecule has 2 rings (SSSR count). The summed E-state index contributed by atoms with van der Waals surface area (Å²) < 4.78 is 0. The van der Waals surface area contributed by atoms with Crippen molar-refractivity contribution < 1.29 is 10.2 Å². The van der Waals surface area contributed by atoms with E-state index in [0.29, 0.717) is 21.6 Å². The minimum absolute atomic E-state index is 0.317. The first-order chi connectivity index (χ1) is 8.13. The Labute approximate surface area is 102 Å². The molecule has 0 aliphatic rings. The summed E-state index contributed by atoms with van der Waals surface area (Å²) >= 11 is 5.86. The predicted octanol–water partition coefficient (Wildman–Crippen LogP) is 1.20. The molecule has 0 fully saturated rings. The van der Waals surface area contributed by atoms with Gasteiger partial charge in [0, 0.05) is 5.39 Å². The minimum Gasteiger partial charge on any atom is -0.385 e. The molecule has 0 saturated carbocycles. The van der Waals surface area contributed by atoms with E-state index in [1.165, 1.54) is 6.33 Å². The molecule has 2 atom stereocenters. The highest BCUT2D eigenvalue weighted by Crippen LogP contribution is 2.24. The Morgan fingerprint density at radius 3 is 2.76 bits per heavy atom. The Morgan fingerprint density at radius 2 is 2.06 bits per heavy atom. The zero-order valence-electron chi connectivity index (χ0n) is 8.58. The van der Waals surface area contributed by atoms with Gasteiger partial charge in [-0.25, -0.2) is 9.97 Å². The average Bonchev–Trinajstić information content (AvgIpc) is 2.37. The summed E-state index contributed by atoms with van der Waals surface area (Å²) in [5.74, 6) is 0. The van der Waals surface area contributed by atoms with Crippen molar-refractivity contribution in [2.75, 3.05) is 0 Å². The highest BCUT2D eigenvalue weighted by Gasteiger charge is 2.18. The third-order valence-electron chi connectivity index (χ3n) is 2.38. The highest BCUT2D eigenvalue weighted by molar-refractivity contribution is 6.34. The first-order valence-corrected chi connectivity index (χ1v) is 5.17. The average molecular weight is 250 g/mol. The summed E-state index contributed by atoms with van der Waals surface area (Å²) in [7, 11) is 0. The Bertz CT molecular complexity index is 597.